The molecule has 0 spiro atoms. The Balaban J connectivity index is 1.85. The van der Waals surface area contributed by atoms with Gasteiger partial charge in [0.2, 0.25) is 5.91 Å². The Hall–Kier alpha value is -2.44. The summed E-state index contributed by atoms with van der Waals surface area (Å²) in [4.78, 5) is 30.7. The molecule has 1 saturated heterocycles. The van der Waals surface area contributed by atoms with Crippen molar-refractivity contribution in [1.82, 2.24) is 15.2 Å². The van der Waals surface area contributed by atoms with E-state index in [0.717, 1.165) is 5.56 Å². The van der Waals surface area contributed by atoms with E-state index in [1.54, 1.807) is 35.5 Å². The van der Waals surface area contributed by atoms with Crippen LogP contribution >= 0.6 is 11.6 Å². The number of halogens is 1. The molecular formula is C19H20ClN3O3. The highest BCUT2D eigenvalue weighted by Gasteiger charge is 2.38. The lowest BCUT2D eigenvalue weighted by molar-refractivity contribution is -0.155. The topological polar surface area (TPSA) is 71.5 Å². The van der Waals surface area contributed by atoms with Crippen LogP contribution in [-0.2, 0) is 20.9 Å². The van der Waals surface area contributed by atoms with E-state index in [2.05, 4.69) is 10.3 Å². The molecular weight excluding hydrogens is 354 g/mol. The van der Waals surface area contributed by atoms with Gasteiger partial charge in [0.1, 0.15) is 6.61 Å². The third kappa shape index (κ3) is 4.03. The predicted molar refractivity (Wildman–Crippen MR) is 97.4 cm³/mol. The number of benzene rings is 1. The van der Waals surface area contributed by atoms with Crippen molar-refractivity contribution in [3.05, 3.63) is 64.9 Å². The number of ether oxygens (including phenoxy) is 1. The van der Waals surface area contributed by atoms with E-state index >= 15 is 0 Å². The van der Waals surface area contributed by atoms with Crippen LogP contribution in [0.15, 0.2) is 48.8 Å². The van der Waals surface area contributed by atoms with E-state index in [9.17, 15) is 9.59 Å². The maximum atomic E-state index is 13.1. The number of morpholine rings is 1. The molecule has 1 aromatic heterocycles. The number of aromatic nitrogens is 1. The SMILES string of the molecule is CCN(Cc1ccncc1)C(=O)[C@H]1OCC(=O)N[C@@H]1c1ccccc1Cl. The van der Waals surface area contributed by atoms with Crippen LogP contribution in [0.5, 0.6) is 0 Å². The third-order valence-electron chi connectivity index (χ3n) is 4.31. The summed E-state index contributed by atoms with van der Waals surface area (Å²) in [5.41, 5.74) is 1.64. The third-order valence-corrected chi connectivity index (χ3v) is 4.66. The van der Waals surface area contributed by atoms with Crippen LogP contribution in [0.3, 0.4) is 0 Å². The Morgan fingerprint density at radius 2 is 2.04 bits per heavy atom. The maximum Gasteiger partial charge on any atom is 0.254 e. The molecule has 1 aliphatic rings. The van der Waals surface area contributed by atoms with E-state index in [1.165, 1.54) is 0 Å². The fourth-order valence-electron chi connectivity index (χ4n) is 2.97. The molecule has 0 bridgehead atoms. The molecule has 0 aliphatic carbocycles. The fraction of sp³-hybridized carbons (Fsp3) is 0.316. The summed E-state index contributed by atoms with van der Waals surface area (Å²) in [5, 5.41) is 3.33. The highest BCUT2D eigenvalue weighted by atomic mass is 35.5. The standard InChI is InChI=1S/C19H20ClN3O3/c1-2-23(11-13-7-9-21-10-8-13)19(25)18-17(22-16(24)12-26-18)14-5-3-4-6-15(14)20/h3-10,17-18H,2,11-12H2,1H3,(H,22,24)/t17-,18+/m1/s1. The van der Waals surface area contributed by atoms with Gasteiger partial charge in [0.05, 0.1) is 6.04 Å². The lowest BCUT2D eigenvalue weighted by Gasteiger charge is -2.35. The number of likely N-dealkylation sites (N-methyl/N-ethyl adjacent to an activating group) is 1. The van der Waals surface area contributed by atoms with Gasteiger partial charge >= 0.3 is 0 Å². The van der Waals surface area contributed by atoms with Crippen molar-refractivity contribution in [3.63, 3.8) is 0 Å². The molecule has 2 heterocycles. The predicted octanol–water partition coefficient (Wildman–Crippen LogP) is 2.34. The molecule has 0 unspecified atom stereocenters. The number of rotatable bonds is 5. The molecule has 0 radical (unpaired) electrons. The molecule has 136 valence electrons. The molecule has 2 atom stereocenters. The van der Waals surface area contributed by atoms with E-state index in [0.29, 0.717) is 23.7 Å². The van der Waals surface area contributed by atoms with Crippen LogP contribution in [0.4, 0.5) is 0 Å². The number of amides is 2. The molecule has 1 N–H and O–H groups in total. The lowest BCUT2D eigenvalue weighted by atomic mass is 9.98. The Morgan fingerprint density at radius 1 is 1.31 bits per heavy atom. The quantitative estimate of drug-likeness (QED) is 0.873. The molecule has 6 nitrogen and oxygen atoms in total. The minimum atomic E-state index is -0.825. The van der Waals surface area contributed by atoms with Crippen molar-refractivity contribution >= 4 is 23.4 Å². The highest BCUT2D eigenvalue weighted by Crippen LogP contribution is 2.29. The summed E-state index contributed by atoms with van der Waals surface area (Å²) in [5.74, 6) is -0.453. The molecule has 1 aliphatic heterocycles. The molecule has 7 heteroatoms. The van der Waals surface area contributed by atoms with Gasteiger partial charge < -0.3 is 15.0 Å². The first-order valence-electron chi connectivity index (χ1n) is 8.43. The van der Waals surface area contributed by atoms with Crippen molar-refractivity contribution in [1.29, 1.82) is 0 Å². The van der Waals surface area contributed by atoms with Crippen molar-refractivity contribution in [3.8, 4) is 0 Å². The average molecular weight is 374 g/mol. The van der Waals surface area contributed by atoms with Gasteiger partial charge in [-0.05, 0) is 36.2 Å². The molecule has 2 amide bonds. The zero-order valence-electron chi connectivity index (χ0n) is 14.4. The first-order valence-corrected chi connectivity index (χ1v) is 8.81. The molecule has 1 fully saturated rings. The van der Waals surface area contributed by atoms with Crippen LogP contribution in [0, 0.1) is 0 Å². The summed E-state index contributed by atoms with van der Waals surface area (Å²) in [6.07, 6.45) is 2.56. The number of hydrogen-bond acceptors (Lipinski definition) is 4. The van der Waals surface area contributed by atoms with Gasteiger partial charge in [-0.3, -0.25) is 14.6 Å². The minimum Gasteiger partial charge on any atom is -0.356 e. The fourth-order valence-corrected chi connectivity index (χ4v) is 3.22. The van der Waals surface area contributed by atoms with E-state index < -0.39 is 12.1 Å². The molecule has 1 aromatic carbocycles. The summed E-state index contributed by atoms with van der Waals surface area (Å²) in [7, 11) is 0. The first kappa shape index (κ1) is 18.4. The van der Waals surface area contributed by atoms with Gasteiger partial charge in [0, 0.05) is 30.5 Å². The second-order valence-corrected chi connectivity index (χ2v) is 6.41. The van der Waals surface area contributed by atoms with Crippen LogP contribution < -0.4 is 5.32 Å². The lowest BCUT2D eigenvalue weighted by Crippen LogP contribution is -2.53. The average Bonchev–Trinajstić information content (AvgIpc) is 2.67. The number of nitrogens with zero attached hydrogens (tertiary/aromatic N) is 2. The largest absolute Gasteiger partial charge is 0.356 e. The van der Waals surface area contributed by atoms with Crippen molar-refractivity contribution in [2.75, 3.05) is 13.2 Å². The van der Waals surface area contributed by atoms with Crippen LogP contribution in [-0.4, -0.2) is 41.0 Å². The summed E-state index contributed by atoms with van der Waals surface area (Å²) < 4.78 is 5.62. The number of hydrogen-bond donors (Lipinski definition) is 1. The van der Waals surface area contributed by atoms with Crippen LogP contribution in [0.25, 0.3) is 0 Å². The van der Waals surface area contributed by atoms with Gasteiger partial charge in [-0.2, -0.15) is 0 Å². The van der Waals surface area contributed by atoms with Crippen molar-refractivity contribution < 1.29 is 14.3 Å². The summed E-state index contributed by atoms with van der Waals surface area (Å²) >= 11 is 6.28. The molecule has 2 aromatic rings. The zero-order chi connectivity index (χ0) is 18.5. The van der Waals surface area contributed by atoms with Gasteiger partial charge in [-0.15, -0.1) is 0 Å². The number of carbonyl (C=O) groups is 2. The first-order chi connectivity index (χ1) is 12.6. The Kier molecular flexibility index (Phi) is 5.85. The second kappa shape index (κ2) is 8.29. The Labute approximate surface area is 157 Å². The van der Waals surface area contributed by atoms with Crippen molar-refractivity contribution in [2.45, 2.75) is 25.6 Å². The Morgan fingerprint density at radius 3 is 2.73 bits per heavy atom. The van der Waals surface area contributed by atoms with Crippen molar-refractivity contribution in [2.24, 2.45) is 0 Å². The number of nitrogens with one attached hydrogen (secondary N) is 1. The van der Waals surface area contributed by atoms with Gasteiger partial charge in [-0.1, -0.05) is 29.8 Å². The Bertz CT molecular complexity index is 785. The van der Waals surface area contributed by atoms with Gasteiger partial charge in [0.15, 0.2) is 6.10 Å². The van der Waals surface area contributed by atoms with E-state index in [4.69, 9.17) is 16.3 Å². The summed E-state index contributed by atoms with van der Waals surface area (Å²) in [6.45, 7) is 2.72. The smallest absolute Gasteiger partial charge is 0.254 e. The summed E-state index contributed by atoms with van der Waals surface area (Å²) in [6, 6.07) is 10.3. The maximum absolute atomic E-state index is 13.1. The number of carbonyl (C=O) groups excluding carboxylic acids is 2. The molecule has 3 rings (SSSR count). The molecule has 26 heavy (non-hydrogen) atoms. The van der Waals surface area contributed by atoms with Crippen LogP contribution in [0.1, 0.15) is 24.1 Å². The van der Waals surface area contributed by atoms with E-state index in [1.807, 2.05) is 25.1 Å². The number of pyridine rings is 1. The van der Waals surface area contributed by atoms with Gasteiger partial charge in [-0.25, -0.2) is 0 Å². The zero-order valence-corrected chi connectivity index (χ0v) is 15.1. The monoisotopic (exact) mass is 373 g/mol. The normalized spacial score (nSPS) is 19.7. The van der Waals surface area contributed by atoms with Gasteiger partial charge in [0.25, 0.3) is 5.91 Å². The highest BCUT2D eigenvalue weighted by molar-refractivity contribution is 6.31. The van der Waals surface area contributed by atoms with Crippen LogP contribution in [0.2, 0.25) is 5.02 Å². The second-order valence-electron chi connectivity index (χ2n) is 6.01. The van der Waals surface area contributed by atoms with E-state index in [-0.39, 0.29) is 18.4 Å². The minimum absolute atomic E-state index is 0.149. The molecule has 0 saturated carbocycles.